The molecule has 0 fully saturated rings. The largest absolute Gasteiger partial charge is 0.356 e. The van der Waals surface area contributed by atoms with Crippen molar-refractivity contribution >= 4 is 26.5 Å². The van der Waals surface area contributed by atoms with Crippen molar-refractivity contribution in [3.05, 3.63) is 0 Å². The van der Waals surface area contributed by atoms with Crippen LogP contribution in [0.2, 0.25) is 11.1 Å². The van der Waals surface area contributed by atoms with Gasteiger partial charge in [-0.25, -0.2) is 4.79 Å². The Kier molecular flexibility index (Phi) is 13.5. The molecule has 7 nitrogen and oxygen atoms in total. The van der Waals surface area contributed by atoms with Crippen LogP contribution in [-0.4, -0.2) is 85.5 Å². The van der Waals surface area contributed by atoms with Gasteiger partial charge < -0.3 is 29.6 Å². The topological polar surface area (TPSA) is 83.3 Å². The summed E-state index contributed by atoms with van der Waals surface area (Å²) >= 11 is 0. The number of ether oxygens (including phenoxy) is 4. The maximum Gasteiger partial charge on any atom is 0.314 e. The van der Waals surface area contributed by atoms with Gasteiger partial charge in [-0.15, -0.1) is 0 Å². The van der Waals surface area contributed by atoms with Gasteiger partial charge >= 0.3 is 6.03 Å². The van der Waals surface area contributed by atoms with Crippen LogP contribution in [0.1, 0.15) is 25.7 Å². The van der Waals surface area contributed by atoms with Crippen LogP contribution in [0.15, 0.2) is 0 Å². The average Bonchev–Trinajstić information content (AvgIpc) is 2.56. The van der Waals surface area contributed by atoms with Gasteiger partial charge in [0.1, 0.15) is 0 Å². The highest BCUT2D eigenvalue weighted by molar-refractivity contribution is 6.11. The number of carbonyl (C=O) groups is 1. The minimum Gasteiger partial charge on any atom is -0.356 e. The van der Waals surface area contributed by atoms with Gasteiger partial charge in [0, 0.05) is 62.0 Å². The summed E-state index contributed by atoms with van der Waals surface area (Å²) in [5.41, 5.74) is 6.57. The second-order valence-electron chi connectivity index (χ2n) is 6.39. The number of methoxy groups -OCH3 is 4. The Morgan fingerprint density at radius 1 is 0.875 bits per heavy atom. The molecule has 0 saturated heterocycles. The first-order chi connectivity index (χ1) is 11.4. The molecular formula is C15H36N2O5Si2. The Balaban J connectivity index is 4.24. The SMILES string of the molecule is COC(CC([SiH3])CCN(CCC([SiH3])CC(OC)OC)C(N)=O)OC. The monoisotopic (exact) mass is 380 g/mol. The summed E-state index contributed by atoms with van der Waals surface area (Å²) in [4.78, 5) is 13.4. The van der Waals surface area contributed by atoms with E-state index < -0.39 is 0 Å². The van der Waals surface area contributed by atoms with Gasteiger partial charge in [0.2, 0.25) is 0 Å². The lowest BCUT2D eigenvalue weighted by Gasteiger charge is -2.25. The fourth-order valence-electron chi connectivity index (χ4n) is 2.55. The summed E-state index contributed by atoms with van der Waals surface area (Å²) in [7, 11) is 8.66. The highest BCUT2D eigenvalue weighted by atomic mass is 28.1. The minimum atomic E-state index is -0.345. The number of urea groups is 1. The number of amides is 2. The third kappa shape index (κ3) is 10.4. The first-order valence-electron chi connectivity index (χ1n) is 8.53. The quantitative estimate of drug-likeness (QED) is 0.324. The number of primary amides is 1. The summed E-state index contributed by atoms with van der Waals surface area (Å²) < 4.78 is 20.9. The number of hydrogen-bond donors (Lipinski definition) is 1. The van der Waals surface area contributed by atoms with Crippen molar-refractivity contribution in [1.82, 2.24) is 4.90 Å². The van der Waals surface area contributed by atoms with Gasteiger partial charge in [0.25, 0.3) is 0 Å². The van der Waals surface area contributed by atoms with E-state index in [2.05, 4.69) is 0 Å². The van der Waals surface area contributed by atoms with Crippen LogP contribution >= 0.6 is 0 Å². The molecule has 0 saturated carbocycles. The lowest BCUT2D eigenvalue weighted by Crippen LogP contribution is -2.38. The van der Waals surface area contributed by atoms with Crippen molar-refractivity contribution in [1.29, 1.82) is 0 Å². The molecule has 0 aliphatic rings. The predicted octanol–water partition coefficient (Wildman–Crippen LogP) is -0.527. The normalized spacial score (nSPS) is 14.4. The van der Waals surface area contributed by atoms with Crippen molar-refractivity contribution in [2.24, 2.45) is 5.73 Å². The van der Waals surface area contributed by atoms with E-state index in [4.69, 9.17) is 24.7 Å². The molecule has 0 radical (unpaired) electrons. The molecule has 0 aliphatic heterocycles. The number of rotatable bonds is 14. The summed E-state index contributed by atoms with van der Waals surface area (Å²) in [6, 6.07) is -0.345. The molecule has 2 amide bonds. The molecule has 0 aromatic carbocycles. The molecular weight excluding hydrogens is 344 g/mol. The Labute approximate surface area is 152 Å². The van der Waals surface area contributed by atoms with Crippen molar-refractivity contribution in [2.45, 2.75) is 49.3 Å². The van der Waals surface area contributed by atoms with Gasteiger partial charge in [-0.1, -0.05) is 0 Å². The Bertz CT molecular complexity index is 307. The molecule has 0 heterocycles. The fourth-order valence-corrected chi connectivity index (χ4v) is 3.84. The molecule has 0 aliphatic carbocycles. The van der Waals surface area contributed by atoms with E-state index in [9.17, 15) is 4.79 Å². The van der Waals surface area contributed by atoms with Crippen LogP contribution < -0.4 is 5.73 Å². The van der Waals surface area contributed by atoms with Gasteiger partial charge in [0.15, 0.2) is 12.6 Å². The van der Waals surface area contributed by atoms with Gasteiger partial charge in [-0.2, -0.15) is 0 Å². The second kappa shape index (κ2) is 13.8. The zero-order chi connectivity index (χ0) is 18.5. The smallest absolute Gasteiger partial charge is 0.314 e. The van der Waals surface area contributed by atoms with E-state index in [-0.39, 0.29) is 18.6 Å². The number of carbonyl (C=O) groups excluding carboxylic acids is 1. The summed E-state index contributed by atoms with van der Waals surface area (Å²) in [5, 5.41) is 0. The standard InChI is InChI=1S/C15H36N2O5Si2/c1-19-13(20-2)9-11(23)5-7-17(15(16)18)8-6-12(24)10-14(21-3)22-4/h11-14H,5-10H2,1-4,23-24H3,(H2,16,18). The van der Waals surface area contributed by atoms with Crippen LogP contribution in [0.25, 0.3) is 0 Å². The minimum absolute atomic E-state index is 0.166. The third-order valence-electron chi connectivity index (χ3n) is 4.34. The summed E-state index contributed by atoms with van der Waals surface area (Å²) in [6.45, 7) is 1.38. The van der Waals surface area contributed by atoms with E-state index >= 15 is 0 Å². The van der Waals surface area contributed by atoms with Crippen LogP contribution in [0.5, 0.6) is 0 Å². The maximum absolute atomic E-state index is 11.7. The highest BCUT2D eigenvalue weighted by Gasteiger charge is 2.17. The lowest BCUT2D eigenvalue weighted by molar-refractivity contribution is -0.107. The molecule has 0 rings (SSSR count). The molecule has 24 heavy (non-hydrogen) atoms. The van der Waals surface area contributed by atoms with Crippen molar-refractivity contribution < 1.29 is 23.7 Å². The molecule has 2 unspecified atom stereocenters. The van der Waals surface area contributed by atoms with Crippen LogP contribution in [0.4, 0.5) is 4.79 Å². The highest BCUT2D eigenvalue weighted by Crippen LogP contribution is 2.19. The first kappa shape index (κ1) is 23.5. The molecule has 2 atom stereocenters. The maximum atomic E-state index is 11.7. The van der Waals surface area contributed by atoms with E-state index in [1.807, 2.05) is 0 Å². The number of nitrogens with two attached hydrogens (primary N) is 1. The van der Waals surface area contributed by atoms with Crippen molar-refractivity contribution in [3.63, 3.8) is 0 Å². The molecule has 9 heteroatoms. The Morgan fingerprint density at radius 3 is 1.46 bits per heavy atom. The number of hydrogen-bond acceptors (Lipinski definition) is 5. The third-order valence-corrected chi connectivity index (χ3v) is 6.43. The second-order valence-corrected chi connectivity index (χ2v) is 9.65. The zero-order valence-corrected chi connectivity index (χ0v) is 20.1. The summed E-state index contributed by atoms with van der Waals surface area (Å²) in [5.74, 6) is 0. The first-order valence-corrected chi connectivity index (χ1v) is 10.8. The molecule has 144 valence electrons. The van der Waals surface area contributed by atoms with Crippen LogP contribution in [0, 0.1) is 0 Å². The van der Waals surface area contributed by atoms with E-state index in [0.29, 0.717) is 24.2 Å². The molecule has 0 aromatic heterocycles. The Morgan fingerprint density at radius 2 is 1.21 bits per heavy atom. The average molecular weight is 381 g/mol. The molecule has 2 N–H and O–H groups in total. The molecule has 0 spiro atoms. The van der Waals surface area contributed by atoms with Gasteiger partial charge in [-0.3, -0.25) is 0 Å². The van der Waals surface area contributed by atoms with Crippen molar-refractivity contribution in [3.8, 4) is 0 Å². The van der Waals surface area contributed by atoms with E-state index in [1.165, 1.54) is 0 Å². The van der Waals surface area contributed by atoms with Crippen LogP contribution in [0.3, 0.4) is 0 Å². The van der Waals surface area contributed by atoms with Crippen molar-refractivity contribution in [2.75, 3.05) is 41.5 Å². The number of nitrogens with zero attached hydrogens (tertiary/aromatic N) is 1. The lowest BCUT2D eigenvalue weighted by atomic mass is 10.2. The zero-order valence-electron chi connectivity index (χ0n) is 16.1. The predicted molar refractivity (Wildman–Crippen MR) is 103 cm³/mol. The molecule has 0 bridgehead atoms. The fraction of sp³-hybridized carbons (Fsp3) is 0.933. The van der Waals surface area contributed by atoms with Gasteiger partial charge in [-0.05, 0) is 36.8 Å². The van der Waals surface area contributed by atoms with E-state index in [0.717, 1.165) is 46.2 Å². The molecule has 0 aromatic rings. The van der Waals surface area contributed by atoms with Crippen LogP contribution in [-0.2, 0) is 18.9 Å². The van der Waals surface area contributed by atoms with Gasteiger partial charge in [0.05, 0.1) is 0 Å². The van der Waals surface area contributed by atoms with E-state index in [1.54, 1.807) is 33.3 Å². The Hall–Kier alpha value is -0.456. The summed E-state index contributed by atoms with van der Waals surface area (Å²) in [6.07, 6.45) is 3.25.